The molecule has 0 heterocycles. The summed E-state index contributed by atoms with van der Waals surface area (Å²) in [5.74, 6) is -1.25. The smallest absolute Gasteiger partial charge is 0.326 e. The first-order valence-electron chi connectivity index (χ1n) is 6.90. The normalized spacial score (nSPS) is 12.8. The molecule has 0 fully saturated rings. The third-order valence-corrected chi connectivity index (χ3v) is 3.52. The Bertz CT molecular complexity index is 477. The number of hydrogen-bond acceptors (Lipinski definition) is 2. The van der Waals surface area contributed by atoms with Crippen molar-refractivity contribution in [1.29, 1.82) is 0 Å². The van der Waals surface area contributed by atoms with Crippen LogP contribution in [0.2, 0.25) is 0 Å². The van der Waals surface area contributed by atoms with E-state index in [0.29, 0.717) is 12.8 Å². The molecule has 4 heteroatoms. The molecule has 1 rings (SSSR count). The first-order valence-corrected chi connectivity index (χ1v) is 6.90. The predicted octanol–water partition coefficient (Wildman–Crippen LogP) is 2.64. The van der Waals surface area contributed by atoms with Crippen molar-refractivity contribution in [2.45, 2.75) is 52.0 Å². The maximum absolute atomic E-state index is 12.4. The van der Waals surface area contributed by atoms with Crippen molar-refractivity contribution < 1.29 is 14.7 Å². The Morgan fingerprint density at radius 1 is 1.25 bits per heavy atom. The van der Waals surface area contributed by atoms with E-state index in [1.807, 2.05) is 38.1 Å². The second-order valence-electron chi connectivity index (χ2n) is 5.64. The van der Waals surface area contributed by atoms with Gasteiger partial charge in [-0.15, -0.1) is 0 Å². The Hall–Kier alpha value is -1.84. The highest BCUT2D eigenvalue weighted by Gasteiger charge is 2.32. The summed E-state index contributed by atoms with van der Waals surface area (Å²) < 4.78 is 0. The number of amides is 1. The van der Waals surface area contributed by atoms with E-state index in [9.17, 15) is 9.59 Å². The van der Waals surface area contributed by atoms with Crippen LogP contribution >= 0.6 is 0 Å². The molecule has 0 spiro atoms. The zero-order chi connectivity index (χ0) is 15.3. The molecule has 0 bridgehead atoms. The number of rotatable bonds is 6. The quantitative estimate of drug-likeness (QED) is 0.840. The van der Waals surface area contributed by atoms with Crippen molar-refractivity contribution in [3.63, 3.8) is 0 Å². The summed E-state index contributed by atoms with van der Waals surface area (Å²) in [4.78, 5) is 23.5. The third kappa shape index (κ3) is 3.83. The van der Waals surface area contributed by atoms with Crippen LogP contribution < -0.4 is 5.32 Å². The molecule has 1 unspecified atom stereocenters. The van der Waals surface area contributed by atoms with Gasteiger partial charge in [-0.2, -0.15) is 0 Å². The number of nitrogens with one attached hydrogen (secondary N) is 1. The van der Waals surface area contributed by atoms with E-state index < -0.39 is 17.4 Å². The lowest BCUT2D eigenvalue weighted by Gasteiger charge is -2.26. The van der Waals surface area contributed by atoms with Gasteiger partial charge in [0.05, 0.1) is 5.41 Å². The minimum absolute atomic E-state index is 0.262. The molecule has 0 aliphatic carbocycles. The average molecular weight is 277 g/mol. The Morgan fingerprint density at radius 3 is 2.25 bits per heavy atom. The second-order valence-corrected chi connectivity index (χ2v) is 5.64. The summed E-state index contributed by atoms with van der Waals surface area (Å²) in [7, 11) is 0. The van der Waals surface area contributed by atoms with Crippen molar-refractivity contribution in [3.8, 4) is 0 Å². The van der Waals surface area contributed by atoms with Gasteiger partial charge >= 0.3 is 5.97 Å². The Morgan fingerprint density at radius 2 is 1.80 bits per heavy atom. The van der Waals surface area contributed by atoms with Crippen LogP contribution in [0.25, 0.3) is 0 Å². The molecule has 110 valence electrons. The van der Waals surface area contributed by atoms with Gasteiger partial charge in [-0.25, -0.2) is 4.79 Å². The Kier molecular flexibility index (Phi) is 5.31. The standard InChI is InChI=1S/C16H23NO3/c1-5-6-13(14(18)19)17-15(20)16(3,4)12-9-7-11(2)8-10-12/h7-10,13H,5-6H2,1-4H3,(H,17,20)(H,18,19). The highest BCUT2D eigenvalue weighted by Crippen LogP contribution is 2.24. The number of carboxylic acid groups (broad SMARTS) is 1. The van der Waals surface area contributed by atoms with Crippen LogP contribution in [0.4, 0.5) is 0 Å². The van der Waals surface area contributed by atoms with Crippen molar-refractivity contribution in [2.75, 3.05) is 0 Å². The summed E-state index contributed by atoms with van der Waals surface area (Å²) in [6.07, 6.45) is 1.15. The highest BCUT2D eigenvalue weighted by atomic mass is 16.4. The molecule has 0 aliphatic rings. The van der Waals surface area contributed by atoms with Gasteiger partial charge in [0.15, 0.2) is 0 Å². The Balaban J connectivity index is 2.88. The lowest BCUT2D eigenvalue weighted by Crippen LogP contribution is -2.48. The molecule has 1 amide bonds. The number of aryl methyl sites for hydroxylation is 1. The SMILES string of the molecule is CCCC(NC(=O)C(C)(C)c1ccc(C)cc1)C(=O)O. The van der Waals surface area contributed by atoms with Gasteiger partial charge in [0, 0.05) is 0 Å². The largest absolute Gasteiger partial charge is 0.480 e. The van der Waals surface area contributed by atoms with Crippen molar-refractivity contribution >= 4 is 11.9 Å². The number of carbonyl (C=O) groups excluding carboxylic acids is 1. The lowest BCUT2D eigenvalue weighted by molar-refractivity contribution is -0.142. The molecule has 0 aliphatic heterocycles. The van der Waals surface area contributed by atoms with Gasteiger partial charge in [-0.1, -0.05) is 43.2 Å². The van der Waals surface area contributed by atoms with E-state index in [-0.39, 0.29) is 5.91 Å². The lowest BCUT2D eigenvalue weighted by atomic mass is 9.83. The molecule has 0 radical (unpaired) electrons. The molecule has 1 aromatic carbocycles. The predicted molar refractivity (Wildman–Crippen MR) is 78.7 cm³/mol. The zero-order valence-electron chi connectivity index (χ0n) is 12.6. The molecule has 0 aromatic heterocycles. The first kappa shape index (κ1) is 16.2. The molecule has 2 N–H and O–H groups in total. The van der Waals surface area contributed by atoms with Crippen LogP contribution in [0.1, 0.15) is 44.7 Å². The third-order valence-electron chi connectivity index (χ3n) is 3.52. The van der Waals surface area contributed by atoms with Crippen LogP contribution in [-0.4, -0.2) is 23.0 Å². The van der Waals surface area contributed by atoms with Gasteiger partial charge in [0.2, 0.25) is 5.91 Å². The molecule has 1 atom stereocenters. The van der Waals surface area contributed by atoms with Crippen LogP contribution in [-0.2, 0) is 15.0 Å². The van der Waals surface area contributed by atoms with Crippen molar-refractivity contribution in [3.05, 3.63) is 35.4 Å². The molecule has 20 heavy (non-hydrogen) atoms. The van der Waals surface area contributed by atoms with Gasteiger partial charge in [-0.3, -0.25) is 4.79 Å². The Labute approximate surface area is 120 Å². The molecule has 0 saturated heterocycles. The molecule has 0 saturated carbocycles. The minimum atomic E-state index is -0.986. The molecule has 1 aromatic rings. The summed E-state index contributed by atoms with van der Waals surface area (Å²) in [6, 6.07) is 6.89. The fraction of sp³-hybridized carbons (Fsp3) is 0.500. The monoisotopic (exact) mass is 277 g/mol. The summed E-state index contributed by atoms with van der Waals surface area (Å²) >= 11 is 0. The summed E-state index contributed by atoms with van der Waals surface area (Å²) in [5, 5.41) is 11.7. The van der Waals surface area contributed by atoms with E-state index in [1.165, 1.54) is 0 Å². The summed E-state index contributed by atoms with van der Waals surface area (Å²) in [6.45, 7) is 7.49. The van der Waals surface area contributed by atoms with Gasteiger partial charge in [-0.05, 0) is 32.8 Å². The molecule has 4 nitrogen and oxygen atoms in total. The number of hydrogen-bond donors (Lipinski definition) is 2. The fourth-order valence-electron chi connectivity index (χ4n) is 1.99. The molecular weight excluding hydrogens is 254 g/mol. The topological polar surface area (TPSA) is 66.4 Å². The van der Waals surface area contributed by atoms with E-state index >= 15 is 0 Å². The van der Waals surface area contributed by atoms with Gasteiger partial charge in [0.25, 0.3) is 0 Å². The fourth-order valence-corrected chi connectivity index (χ4v) is 1.99. The van der Waals surface area contributed by atoms with E-state index in [1.54, 1.807) is 13.8 Å². The highest BCUT2D eigenvalue weighted by molar-refractivity contribution is 5.90. The summed E-state index contributed by atoms with van der Waals surface area (Å²) in [5.41, 5.74) is 1.25. The van der Waals surface area contributed by atoms with Crippen LogP contribution in [0.15, 0.2) is 24.3 Å². The number of carbonyl (C=O) groups is 2. The maximum Gasteiger partial charge on any atom is 0.326 e. The zero-order valence-corrected chi connectivity index (χ0v) is 12.6. The minimum Gasteiger partial charge on any atom is -0.480 e. The van der Waals surface area contributed by atoms with Gasteiger partial charge in [0.1, 0.15) is 6.04 Å². The van der Waals surface area contributed by atoms with Gasteiger partial charge < -0.3 is 10.4 Å². The number of benzene rings is 1. The van der Waals surface area contributed by atoms with Crippen LogP contribution in [0.3, 0.4) is 0 Å². The maximum atomic E-state index is 12.4. The van der Waals surface area contributed by atoms with Crippen LogP contribution in [0, 0.1) is 6.92 Å². The van der Waals surface area contributed by atoms with E-state index in [0.717, 1.165) is 11.1 Å². The van der Waals surface area contributed by atoms with E-state index in [4.69, 9.17) is 5.11 Å². The second kappa shape index (κ2) is 6.55. The van der Waals surface area contributed by atoms with E-state index in [2.05, 4.69) is 5.32 Å². The van der Waals surface area contributed by atoms with Crippen molar-refractivity contribution in [1.82, 2.24) is 5.32 Å². The number of aliphatic carboxylic acids is 1. The van der Waals surface area contributed by atoms with Crippen molar-refractivity contribution in [2.24, 2.45) is 0 Å². The average Bonchev–Trinajstić information content (AvgIpc) is 2.38. The first-order chi connectivity index (χ1) is 9.28. The number of carboxylic acids is 1. The molecular formula is C16H23NO3. The van der Waals surface area contributed by atoms with Crippen LogP contribution in [0.5, 0.6) is 0 Å².